The van der Waals surface area contributed by atoms with Crippen molar-refractivity contribution in [2.45, 2.75) is 67.2 Å². The molecular weight excluding hydrogens is 196 g/mol. The second-order valence-corrected chi connectivity index (χ2v) is 6.71. The van der Waals surface area contributed by atoms with E-state index in [0.717, 1.165) is 19.1 Å². The molecule has 0 saturated heterocycles. The van der Waals surface area contributed by atoms with Crippen LogP contribution in [-0.2, 0) is 4.74 Å². The summed E-state index contributed by atoms with van der Waals surface area (Å²) in [5, 5.41) is 0. The van der Waals surface area contributed by atoms with Crippen LogP contribution in [0.15, 0.2) is 0 Å². The number of hydrogen-bond acceptors (Lipinski definition) is 1. The molecule has 0 aromatic rings. The number of rotatable bonds is 9. The van der Waals surface area contributed by atoms with Gasteiger partial charge in [0.2, 0.25) is 0 Å². The van der Waals surface area contributed by atoms with E-state index in [9.17, 15) is 0 Å². The molecule has 0 heterocycles. The third-order valence-electron chi connectivity index (χ3n) is 2.83. The summed E-state index contributed by atoms with van der Waals surface area (Å²) in [4.78, 5) is 0. The van der Waals surface area contributed by atoms with Gasteiger partial charge in [-0.25, -0.2) is 0 Å². The van der Waals surface area contributed by atoms with Crippen molar-refractivity contribution in [1.29, 1.82) is 0 Å². The molecule has 0 aliphatic carbocycles. The van der Waals surface area contributed by atoms with Crippen molar-refractivity contribution in [2.24, 2.45) is 17.3 Å². The molecule has 0 aliphatic heterocycles. The Balaban J connectivity index is 3.53. The van der Waals surface area contributed by atoms with Crippen molar-refractivity contribution in [3.8, 4) is 0 Å². The maximum Gasteiger partial charge on any atom is 0.0517 e. The van der Waals surface area contributed by atoms with Gasteiger partial charge in [-0.2, -0.15) is 0 Å². The van der Waals surface area contributed by atoms with E-state index in [0.29, 0.717) is 11.3 Å². The van der Waals surface area contributed by atoms with E-state index < -0.39 is 0 Å². The molecule has 0 saturated carbocycles. The van der Waals surface area contributed by atoms with Crippen molar-refractivity contribution >= 4 is 0 Å². The Morgan fingerprint density at radius 2 is 1.56 bits per heavy atom. The lowest BCUT2D eigenvalue weighted by atomic mass is 9.87. The fourth-order valence-corrected chi connectivity index (χ4v) is 1.80. The maximum atomic E-state index is 5.74. The van der Waals surface area contributed by atoms with Crippen LogP contribution < -0.4 is 0 Å². The largest absolute Gasteiger partial charge is 0.381 e. The van der Waals surface area contributed by atoms with Crippen LogP contribution in [-0.4, -0.2) is 13.2 Å². The summed E-state index contributed by atoms with van der Waals surface area (Å²) in [5.41, 5.74) is 0.353. The predicted octanol–water partition coefficient (Wildman–Crippen LogP) is 4.90. The quantitative estimate of drug-likeness (QED) is 0.510. The molecule has 16 heavy (non-hydrogen) atoms. The van der Waals surface area contributed by atoms with Crippen molar-refractivity contribution in [3.05, 3.63) is 0 Å². The van der Waals surface area contributed by atoms with Crippen LogP contribution in [0.5, 0.6) is 0 Å². The molecule has 0 bridgehead atoms. The van der Waals surface area contributed by atoms with Gasteiger partial charge in [0, 0.05) is 6.61 Å². The standard InChI is InChI=1S/C15H32O/c1-13(2)9-7-8-10-15(5,6)12-16-11-14(3)4/h13-14H,7-12H2,1-6H3. The molecular formula is C15H32O. The van der Waals surface area contributed by atoms with Crippen LogP contribution in [0.1, 0.15) is 67.2 Å². The summed E-state index contributed by atoms with van der Waals surface area (Å²) in [6, 6.07) is 0. The molecule has 0 unspecified atom stereocenters. The fraction of sp³-hybridized carbons (Fsp3) is 1.00. The highest BCUT2D eigenvalue weighted by Gasteiger charge is 2.17. The minimum Gasteiger partial charge on any atom is -0.381 e. The van der Waals surface area contributed by atoms with Crippen LogP contribution >= 0.6 is 0 Å². The van der Waals surface area contributed by atoms with E-state index >= 15 is 0 Å². The highest BCUT2D eigenvalue weighted by Crippen LogP contribution is 2.24. The van der Waals surface area contributed by atoms with Crippen molar-refractivity contribution in [3.63, 3.8) is 0 Å². The molecule has 1 heteroatoms. The Labute approximate surface area is 103 Å². The number of hydrogen-bond donors (Lipinski definition) is 0. The van der Waals surface area contributed by atoms with E-state index in [2.05, 4.69) is 41.5 Å². The Hall–Kier alpha value is -0.0400. The van der Waals surface area contributed by atoms with Crippen LogP contribution in [0.25, 0.3) is 0 Å². The maximum absolute atomic E-state index is 5.74. The monoisotopic (exact) mass is 228 g/mol. The third-order valence-corrected chi connectivity index (χ3v) is 2.83. The topological polar surface area (TPSA) is 9.23 Å². The average molecular weight is 228 g/mol. The molecule has 0 radical (unpaired) electrons. The second kappa shape index (κ2) is 8.11. The zero-order valence-corrected chi connectivity index (χ0v) is 12.3. The molecule has 0 amide bonds. The molecule has 0 atom stereocenters. The minimum atomic E-state index is 0.353. The number of ether oxygens (including phenoxy) is 1. The van der Waals surface area contributed by atoms with Gasteiger partial charge in [-0.3, -0.25) is 0 Å². The fourth-order valence-electron chi connectivity index (χ4n) is 1.80. The van der Waals surface area contributed by atoms with Crippen LogP contribution in [0.4, 0.5) is 0 Å². The molecule has 0 aliphatic rings. The Morgan fingerprint density at radius 1 is 0.938 bits per heavy atom. The molecule has 0 spiro atoms. The first-order valence-electron chi connectivity index (χ1n) is 6.91. The first kappa shape index (κ1) is 16.0. The SMILES string of the molecule is CC(C)CCCCC(C)(C)COCC(C)C. The van der Waals surface area contributed by atoms with Gasteiger partial charge in [0.15, 0.2) is 0 Å². The van der Waals surface area contributed by atoms with Crippen molar-refractivity contribution in [2.75, 3.05) is 13.2 Å². The number of unbranched alkanes of at least 4 members (excludes halogenated alkanes) is 1. The average Bonchev–Trinajstić information content (AvgIpc) is 2.11. The van der Waals surface area contributed by atoms with Crippen LogP contribution in [0.3, 0.4) is 0 Å². The third kappa shape index (κ3) is 10.5. The first-order chi connectivity index (χ1) is 7.33. The van der Waals surface area contributed by atoms with Gasteiger partial charge in [-0.1, -0.05) is 60.8 Å². The summed E-state index contributed by atoms with van der Waals surface area (Å²) >= 11 is 0. The van der Waals surface area contributed by atoms with Gasteiger partial charge >= 0.3 is 0 Å². The highest BCUT2D eigenvalue weighted by atomic mass is 16.5. The lowest BCUT2D eigenvalue weighted by Gasteiger charge is -2.25. The van der Waals surface area contributed by atoms with Crippen LogP contribution in [0, 0.1) is 17.3 Å². The van der Waals surface area contributed by atoms with E-state index in [-0.39, 0.29) is 0 Å². The summed E-state index contributed by atoms with van der Waals surface area (Å²) in [5.74, 6) is 1.50. The van der Waals surface area contributed by atoms with Gasteiger partial charge in [-0.05, 0) is 23.7 Å². The molecule has 0 aromatic carbocycles. The summed E-state index contributed by atoms with van der Waals surface area (Å²) in [6.45, 7) is 15.5. The van der Waals surface area contributed by atoms with Crippen molar-refractivity contribution < 1.29 is 4.74 Å². The van der Waals surface area contributed by atoms with Gasteiger partial charge < -0.3 is 4.74 Å². The summed E-state index contributed by atoms with van der Waals surface area (Å²) < 4.78 is 5.74. The Kier molecular flexibility index (Phi) is 8.09. The van der Waals surface area contributed by atoms with Gasteiger partial charge in [0.05, 0.1) is 6.61 Å². The Bertz CT molecular complexity index is 159. The minimum absolute atomic E-state index is 0.353. The molecule has 1 nitrogen and oxygen atoms in total. The predicted molar refractivity (Wildman–Crippen MR) is 72.7 cm³/mol. The summed E-state index contributed by atoms with van der Waals surface area (Å²) in [6.07, 6.45) is 5.36. The van der Waals surface area contributed by atoms with E-state index in [1.54, 1.807) is 0 Å². The molecule has 98 valence electrons. The zero-order chi connectivity index (χ0) is 12.6. The normalized spacial score (nSPS) is 12.8. The van der Waals surface area contributed by atoms with Gasteiger partial charge in [0.25, 0.3) is 0 Å². The van der Waals surface area contributed by atoms with E-state index in [1.807, 2.05) is 0 Å². The second-order valence-electron chi connectivity index (χ2n) is 6.71. The molecule has 0 fully saturated rings. The van der Waals surface area contributed by atoms with Gasteiger partial charge in [0.1, 0.15) is 0 Å². The smallest absolute Gasteiger partial charge is 0.0517 e. The molecule has 0 aromatic heterocycles. The van der Waals surface area contributed by atoms with Gasteiger partial charge in [-0.15, -0.1) is 0 Å². The molecule has 0 rings (SSSR count). The van der Waals surface area contributed by atoms with Crippen LogP contribution in [0.2, 0.25) is 0 Å². The lowest BCUT2D eigenvalue weighted by molar-refractivity contribution is 0.0415. The molecule has 0 N–H and O–H groups in total. The lowest BCUT2D eigenvalue weighted by Crippen LogP contribution is -2.20. The van der Waals surface area contributed by atoms with E-state index in [1.165, 1.54) is 25.7 Å². The van der Waals surface area contributed by atoms with Crippen molar-refractivity contribution in [1.82, 2.24) is 0 Å². The first-order valence-corrected chi connectivity index (χ1v) is 6.91. The summed E-state index contributed by atoms with van der Waals surface area (Å²) in [7, 11) is 0. The Morgan fingerprint density at radius 3 is 2.06 bits per heavy atom. The zero-order valence-electron chi connectivity index (χ0n) is 12.3. The van der Waals surface area contributed by atoms with E-state index in [4.69, 9.17) is 4.74 Å². The highest BCUT2D eigenvalue weighted by molar-refractivity contribution is 4.68.